The van der Waals surface area contributed by atoms with Gasteiger partial charge in [0.25, 0.3) is 0 Å². The minimum Gasteiger partial charge on any atom is -0.462 e. The van der Waals surface area contributed by atoms with Crippen molar-refractivity contribution in [2.75, 3.05) is 26.4 Å². The van der Waals surface area contributed by atoms with Crippen molar-refractivity contribution in [1.82, 2.24) is 0 Å². The van der Waals surface area contributed by atoms with E-state index in [4.69, 9.17) is 24.3 Å². The zero-order chi connectivity index (χ0) is 46.0. The lowest BCUT2D eigenvalue weighted by Crippen LogP contribution is -2.29. The molecule has 0 aromatic heterocycles. The topological polar surface area (TPSA) is 134 Å². The van der Waals surface area contributed by atoms with E-state index in [1.807, 2.05) is 0 Å². The van der Waals surface area contributed by atoms with Crippen molar-refractivity contribution in [3.63, 3.8) is 0 Å². The van der Waals surface area contributed by atoms with Crippen LogP contribution in [-0.2, 0) is 32.7 Å². The highest BCUT2D eigenvalue weighted by atomic mass is 31.2. The third-order valence-electron chi connectivity index (χ3n) is 10.3. The fourth-order valence-corrected chi connectivity index (χ4v) is 7.41. The van der Waals surface area contributed by atoms with E-state index < -0.39 is 32.5 Å². The Morgan fingerprint density at radius 3 is 1.22 bits per heavy atom. The summed E-state index contributed by atoms with van der Waals surface area (Å²) in [6.07, 6.45) is 62.0. The molecule has 0 radical (unpaired) electrons. The van der Waals surface area contributed by atoms with E-state index in [2.05, 4.69) is 98.9 Å². The number of rotatable bonds is 46. The molecule has 0 rings (SSSR count). The first kappa shape index (κ1) is 60.2. The van der Waals surface area contributed by atoms with Crippen molar-refractivity contribution in [2.24, 2.45) is 5.73 Å². The van der Waals surface area contributed by atoms with Gasteiger partial charge in [-0.1, -0.05) is 195 Å². The van der Waals surface area contributed by atoms with E-state index >= 15 is 0 Å². The van der Waals surface area contributed by atoms with Crippen molar-refractivity contribution in [2.45, 2.75) is 213 Å². The van der Waals surface area contributed by atoms with Crippen molar-refractivity contribution >= 4 is 19.8 Å². The molecule has 0 aliphatic heterocycles. The predicted octanol–water partition coefficient (Wildman–Crippen LogP) is 15.2. The molecule has 0 fully saturated rings. The summed E-state index contributed by atoms with van der Waals surface area (Å²) in [5.41, 5.74) is 5.36. The first-order chi connectivity index (χ1) is 30.8. The van der Waals surface area contributed by atoms with E-state index in [0.29, 0.717) is 12.8 Å². The Morgan fingerprint density at radius 2 is 0.825 bits per heavy atom. The van der Waals surface area contributed by atoms with Gasteiger partial charge in [0.1, 0.15) is 6.61 Å². The number of phosphoric ester groups is 1. The summed E-state index contributed by atoms with van der Waals surface area (Å²) in [6.45, 7) is 3.49. The van der Waals surface area contributed by atoms with E-state index in [-0.39, 0.29) is 32.6 Å². The molecular weight excluding hydrogens is 810 g/mol. The Morgan fingerprint density at radius 1 is 0.476 bits per heavy atom. The molecule has 0 saturated heterocycles. The molecular formula is C53H92NO8P. The Hall–Kier alpha value is -2.81. The Labute approximate surface area is 385 Å². The molecule has 0 aromatic rings. The zero-order valence-corrected chi connectivity index (χ0v) is 40.9. The molecule has 0 aliphatic carbocycles. The van der Waals surface area contributed by atoms with Crippen LogP contribution in [0.15, 0.2) is 85.1 Å². The zero-order valence-electron chi connectivity index (χ0n) is 40.0. The number of unbranched alkanes of at least 4 members (excludes halogenated alkanes) is 19. The van der Waals surface area contributed by atoms with Gasteiger partial charge in [-0.2, -0.15) is 0 Å². The molecule has 362 valence electrons. The monoisotopic (exact) mass is 902 g/mol. The number of ether oxygens (including phenoxy) is 2. The average molecular weight is 902 g/mol. The Kier molecular flexibility index (Phi) is 46.5. The van der Waals surface area contributed by atoms with Gasteiger partial charge in [-0.25, -0.2) is 4.57 Å². The average Bonchev–Trinajstić information content (AvgIpc) is 3.27. The first-order valence-electron chi connectivity index (χ1n) is 25.1. The number of hydrogen-bond acceptors (Lipinski definition) is 8. The van der Waals surface area contributed by atoms with Crippen molar-refractivity contribution in [3.05, 3.63) is 85.1 Å². The highest BCUT2D eigenvalue weighted by Gasteiger charge is 2.26. The van der Waals surface area contributed by atoms with Crippen LogP contribution in [0, 0.1) is 0 Å². The maximum atomic E-state index is 12.7. The van der Waals surface area contributed by atoms with Crippen LogP contribution in [0.4, 0.5) is 0 Å². The number of esters is 2. The van der Waals surface area contributed by atoms with Gasteiger partial charge in [0, 0.05) is 19.4 Å². The Balaban J connectivity index is 4.02. The summed E-state index contributed by atoms with van der Waals surface area (Å²) in [5.74, 6) is -0.851. The van der Waals surface area contributed by atoms with Gasteiger partial charge in [0.05, 0.1) is 13.2 Å². The summed E-state index contributed by atoms with van der Waals surface area (Å²) in [6, 6.07) is 0. The number of carbonyl (C=O) groups excluding carboxylic acids is 2. The Bertz CT molecular complexity index is 1300. The van der Waals surface area contributed by atoms with Gasteiger partial charge in [0.2, 0.25) is 0 Å². The van der Waals surface area contributed by atoms with Crippen LogP contribution in [0.2, 0.25) is 0 Å². The number of allylic oxidation sites excluding steroid dienone is 14. The molecule has 9 nitrogen and oxygen atoms in total. The van der Waals surface area contributed by atoms with Gasteiger partial charge in [-0.05, 0) is 83.5 Å². The molecule has 2 unspecified atom stereocenters. The smallest absolute Gasteiger partial charge is 0.462 e. The highest BCUT2D eigenvalue weighted by Crippen LogP contribution is 2.43. The number of hydrogen-bond donors (Lipinski definition) is 2. The fourth-order valence-electron chi connectivity index (χ4n) is 6.64. The molecule has 0 spiro atoms. The number of nitrogens with two attached hydrogens (primary N) is 1. The lowest BCUT2D eigenvalue weighted by Gasteiger charge is -2.19. The van der Waals surface area contributed by atoms with E-state index in [9.17, 15) is 19.0 Å². The quantitative estimate of drug-likeness (QED) is 0.0265. The van der Waals surface area contributed by atoms with Crippen LogP contribution in [0.1, 0.15) is 206 Å². The largest absolute Gasteiger partial charge is 0.472 e. The minimum atomic E-state index is -4.39. The molecule has 2 atom stereocenters. The second-order valence-electron chi connectivity index (χ2n) is 16.3. The highest BCUT2D eigenvalue weighted by molar-refractivity contribution is 7.47. The molecule has 0 saturated carbocycles. The minimum absolute atomic E-state index is 0.0473. The second kappa shape index (κ2) is 48.6. The molecule has 10 heteroatoms. The van der Waals surface area contributed by atoms with Crippen molar-refractivity contribution < 1.29 is 37.6 Å². The van der Waals surface area contributed by atoms with E-state index in [1.54, 1.807) is 0 Å². The summed E-state index contributed by atoms with van der Waals surface area (Å²) in [7, 11) is -4.39. The van der Waals surface area contributed by atoms with Gasteiger partial charge in [-0.3, -0.25) is 18.6 Å². The summed E-state index contributed by atoms with van der Waals surface area (Å²) < 4.78 is 32.9. The summed E-state index contributed by atoms with van der Waals surface area (Å²) >= 11 is 0. The maximum absolute atomic E-state index is 12.7. The fraction of sp³-hybridized carbons (Fsp3) is 0.698. The van der Waals surface area contributed by atoms with E-state index in [1.165, 1.54) is 70.6 Å². The number of carbonyl (C=O) groups is 2. The second-order valence-corrected chi connectivity index (χ2v) is 17.7. The third kappa shape index (κ3) is 48.5. The van der Waals surface area contributed by atoms with Gasteiger partial charge in [0.15, 0.2) is 6.10 Å². The standard InChI is InChI=1S/C53H92NO8P/c1-3-5-7-9-11-13-15-17-19-20-21-22-23-24-25-26-27-28-29-30-32-34-36-38-40-42-44-46-53(56)62-51(50-61-63(57,58)60-48-47-54)49-59-52(55)45-43-41-39-37-35-33-31-18-16-14-12-10-8-6-4-2/h5-8,11-14,17-19,21-22,31,51H,3-4,9-10,15-16,20,23-30,32-50,54H2,1-2H3,(H,57,58)/b7-5-,8-6-,13-11-,14-12-,19-17-,22-21-,31-18-. The molecule has 63 heavy (non-hydrogen) atoms. The van der Waals surface area contributed by atoms with Crippen LogP contribution in [0.25, 0.3) is 0 Å². The van der Waals surface area contributed by atoms with Crippen LogP contribution in [0.3, 0.4) is 0 Å². The molecule has 0 amide bonds. The summed E-state index contributed by atoms with van der Waals surface area (Å²) in [4.78, 5) is 35.0. The SMILES string of the molecule is CC/C=C\C/C=C\C/C=C\C/C=C\CCCCCCCCCCCCCCCCC(=O)OC(COC(=O)CCCCCCC/C=C\C/C=C\C/C=C\CC)COP(=O)(O)OCCN. The normalized spacial score (nSPS) is 13.9. The number of phosphoric acid groups is 1. The maximum Gasteiger partial charge on any atom is 0.472 e. The molecule has 3 N–H and O–H groups in total. The molecule has 0 aliphatic rings. The van der Waals surface area contributed by atoms with Crippen LogP contribution in [-0.4, -0.2) is 49.3 Å². The third-order valence-corrected chi connectivity index (χ3v) is 11.3. The predicted molar refractivity (Wildman–Crippen MR) is 265 cm³/mol. The molecule has 0 heterocycles. The van der Waals surface area contributed by atoms with Gasteiger partial charge < -0.3 is 20.1 Å². The molecule has 0 bridgehead atoms. The lowest BCUT2D eigenvalue weighted by molar-refractivity contribution is -0.161. The van der Waals surface area contributed by atoms with Gasteiger partial charge in [-0.15, -0.1) is 0 Å². The molecule has 0 aromatic carbocycles. The van der Waals surface area contributed by atoms with Crippen molar-refractivity contribution in [1.29, 1.82) is 0 Å². The van der Waals surface area contributed by atoms with Crippen LogP contribution < -0.4 is 5.73 Å². The lowest BCUT2D eigenvalue weighted by atomic mass is 10.0. The summed E-state index contributed by atoms with van der Waals surface area (Å²) in [5, 5.41) is 0. The van der Waals surface area contributed by atoms with E-state index in [0.717, 1.165) is 96.3 Å². The van der Waals surface area contributed by atoms with Crippen LogP contribution in [0.5, 0.6) is 0 Å². The first-order valence-corrected chi connectivity index (χ1v) is 26.6. The van der Waals surface area contributed by atoms with Crippen LogP contribution >= 0.6 is 7.82 Å². The van der Waals surface area contributed by atoms with Gasteiger partial charge >= 0.3 is 19.8 Å². The van der Waals surface area contributed by atoms with Crippen molar-refractivity contribution in [3.8, 4) is 0 Å².